The van der Waals surface area contributed by atoms with E-state index in [1.807, 2.05) is 62.6 Å². The molecule has 2 aliphatic heterocycles. The fraction of sp³-hybridized carbons (Fsp3) is 0.423. The van der Waals surface area contributed by atoms with Crippen LogP contribution < -0.4 is 39.4 Å². The molecule has 2 unspecified atom stereocenters. The topological polar surface area (TPSA) is 205 Å². The van der Waals surface area contributed by atoms with Gasteiger partial charge in [0.1, 0.15) is 23.7 Å². The predicted octanol–water partition coefficient (Wildman–Crippen LogP) is 5.84. The molecule has 2 atom stereocenters. The maximum Gasteiger partial charge on any atom is 0.272 e. The number of carbonyl (C=O) groups is 2. The molecule has 0 saturated carbocycles. The Labute approximate surface area is 408 Å². The van der Waals surface area contributed by atoms with E-state index in [2.05, 4.69) is 72.9 Å². The molecule has 0 radical (unpaired) electrons. The summed E-state index contributed by atoms with van der Waals surface area (Å²) >= 11 is 0. The largest absolute Gasteiger partial charge is 0.489 e. The number of nitrogens with zero attached hydrogens (tertiary/aromatic N) is 10. The second-order valence-electron chi connectivity index (χ2n) is 18.2. The van der Waals surface area contributed by atoms with Crippen LogP contribution in [0.25, 0.3) is 0 Å². The van der Waals surface area contributed by atoms with Crippen LogP contribution >= 0.6 is 0 Å². The number of nitrogens with one attached hydrogen (secondary N) is 2. The molecular formula is C52H60N12O6. The van der Waals surface area contributed by atoms with Gasteiger partial charge in [0.2, 0.25) is 11.8 Å². The van der Waals surface area contributed by atoms with Crippen molar-refractivity contribution in [1.29, 1.82) is 0 Å². The van der Waals surface area contributed by atoms with Gasteiger partial charge >= 0.3 is 0 Å². The van der Waals surface area contributed by atoms with E-state index in [0.29, 0.717) is 23.1 Å². The zero-order valence-electron chi connectivity index (χ0n) is 40.2. The summed E-state index contributed by atoms with van der Waals surface area (Å²) in [4.78, 5) is 47.4. The standard InChI is InChI=1S/2C26H30N6O3/c2*1-17-14-23(26(33)29-19-5-7-22-18(15-19)4-3-11-27-22)30-31-25(17)32-12-9-20(10-13-32)35-21-6-8-24(34-2)28-16-21/h2*3-4,6,8,11,14,16,19-20H,5,7,9-10,12-13,15H2,1-2H3,(H,29,33). The number of amides is 2. The quantitative estimate of drug-likeness (QED) is 0.148. The van der Waals surface area contributed by atoms with E-state index >= 15 is 0 Å². The van der Waals surface area contributed by atoms with E-state index in [1.165, 1.54) is 11.1 Å². The average Bonchev–Trinajstić information content (AvgIpc) is 3.39. The molecule has 6 aromatic rings. The van der Waals surface area contributed by atoms with E-state index in [1.54, 1.807) is 38.7 Å². The third-order valence-electron chi connectivity index (χ3n) is 13.3. The number of fused-ring (bicyclic) bond motifs is 2. The van der Waals surface area contributed by atoms with Crippen LogP contribution in [-0.2, 0) is 25.7 Å². The normalized spacial score (nSPS) is 18.0. The molecule has 10 rings (SSSR count). The third kappa shape index (κ3) is 11.8. The number of hydrogen-bond acceptors (Lipinski definition) is 16. The molecule has 18 heteroatoms. The summed E-state index contributed by atoms with van der Waals surface area (Å²) in [7, 11) is 3.19. The smallest absolute Gasteiger partial charge is 0.272 e. The van der Waals surface area contributed by atoms with Crippen LogP contribution in [0.15, 0.2) is 85.5 Å². The highest BCUT2D eigenvalue weighted by Gasteiger charge is 2.28. The number of piperidine rings is 2. The fourth-order valence-corrected chi connectivity index (χ4v) is 9.56. The van der Waals surface area contributed by atoms with Crippen molar-refractivity contribution in [3.8, 4) is 23.3 Å². The fourth-order valence-electron chi connectivity index (χ4n) is 9.56. The molecular weight excluding hydrogens is 889 g/mol. The predicted molar refractivity (Wildman–Crippen MR) is 262 cm³/mol. The molecule has 0 spiro atoms. The molecule has 2 saturated heterocycles. The molecule has 364 valence electrons. The number of methoxy groups -OCH3 is 2. The number of pyridine rings is 4. The second-order valence-corrected chi connectivity index (χ2v) is 18.2. The highest BCUT2D eigenvalue weighted by Crippen LogP contribution is 2.28. The lowest BCUT2D eigenvalue weighted by Gasteiger charge is -2.33. The Morgan fingerprint density at radius 2 is 0.986 bits per heavy atom. The van der Waals surface area contributed by atoms with Crippen molar-refractivity contribution in [2.45, 2.75) is 102 Å². The van der Waals surface area contributed by atoms with Gasteiger partial charge in [0, 0.05) is 99.9 Å². The summed E-state index contributed by atoms with van der Waals surface area (Å²) < 4.78 is 22.3. The molecule has 2 fully saturated rings. The zero-order chi connectivity index (χ0) is 48.4. The molecule has 8 heterocycles. The molecule has 70 heavy (non-hydrogen) atoms. The van der Waals surface area contributed by atoms with Crippen molar-refractivity contribution in [3.63, 3.8) is 0 Å². The van der Waals surface area contributed by atoms with Crippen molar-refractivity contribution < 1.29 is 28.5 Å². The van der Waals surface area contributed by atoms with Gasteiger partial charge in [0.05, 0.1) is 26.6 Å². The number of ether oxygens (including phenoxy) is 4. The summed E-state index contributed by atoms with van der Waals surface area (Å²) in [6.07, 6.45) is 15.8. The first kappa shape index (κ1) is 47.6. The Morgan fingerprint density at radius 1 is 0.557 bits per heavy atom. The first-order chi connectivity index (χ1) is 34.2. The minimum atomic E-state index is -0.176. The minimum Gasteiger partial charge on any atom is -0.489 e. The lowest BCUT2D eigenvalue weighted by molar-refractivity contribution is 0.0919. The highest BCUT2D eigenvalue weighted by atomic mass is 16.5. The number of hydrogen-bond donors (Lipinski definition) is 2. The monoisotopic (exact) mass is 948 g/mol. The van der Waals surface area contributed by atoms with Gasteiger partial charge in [0.25, 0.3) is 11.8 Å². The Morgan fingerprint density at radius 3 is 1.36 bits per heavy atom. The van der Waals surface area contributed by atoms with E-state index in [4.69, 9.17) is 18.9 Å². The van der Waals surface area contributed by atoms with Crippen LogP contribution in [0.1, 0.15) is 93.1 Å². The number of carbonyl (C=O) groups excluding carboxylic acids is 2. The molecule has 2 N–H and O–H groups in total. The Balaban J connectivity index is 0.000000174. The highest BCUT2D eigenvalue weighted by molar-refractivity contribution is 5.93. The molecule has 0 aromatic carbocycles. The van der Waals surface area contributed by atoms with Gasteiger partial charge < -0.3 is 39.4 Å². The van der Waals surface area contributed by atoms with Gasteiger partial charge in [-0.25, -0.2) is 9.97 Å². The maximum absolute atomic E-state index is 12.8. The van der Waals surface area contributed by atoms with Crippen LogP contribution in [0.5, 0.6) is 23.3 Å². The van der Waals surface area contributed by atoms with Gasteiger partial charge in [-0.05, 0) is 111 Å². The summed E-state index contributed by atoms with van der Waals surface area (Å²) in [5.41, 5.74) is 7.28. The van der Waals surface area contributed by atoms with Crippen LogP contribution in [0.4, 0.5) is 11.6 Å². The van der Waals surface area contributed by atoms with E-state index < -0.39 is 0 Å². The Bertz CT molecular complexity index is 2540. The summed E-state index contributed by atoms with van der Waals surface area (Å²) in [6, 6.07) is 19.2. The molecule has 0 bridgehead atoms. The zero-order valence-corrected chi connectivity index (χ0v) is 40.2. The Hall–Kier alpha value is -7.50. The number of rotatable bonds is 12. The first-order valence-corrected chi connectivity index (χ1v) is 24.2. The summed E-state index contributed by atoms with van der Waals surface area (Å²) in [5, 5.41) is 23.6. The molecule has 2 amide bonds. The third-order valence-corrected chi connectivity index (χ3v) is 13.3. The number of aromatic nitrogens is 8. The molecule has 2 aliphatic carbocycles. The molecule has 6 aromatic heterocycles. The minimum absolute atomic E-state index is 0.0842. The van der Waals surface area contributed by atoms with Crippen molar-refractivity contribution in [2.24, 2.45) is 0 Å². The SMILES string of the molecule is COc1ccc(OC2CCN(c3nnc(C(=O)NC4CCc5ncccc5C4)cc3C)CC2)cn1.COc1ccc(OC2CCN(c3nnc(C(=O)NC4CCc5ncccc5C4)cc3C)CC2)cn1. The van der Waals surface area contributed by atoms with Gasteiger partial charge in [-0.15, -0.1) is 20.4 Å². The number of anilines is 2. The first-order valence-electron chi connectivity index (χ1n) is 24.2. The lowest BCUT2D eigenvalue weighted by Crippen LogP contribution is -2.40. The average molecular weight is 949 g/mol. The van der Waals surface area contributed by atoms with Crippen molar-refractivity contribution >= 4 is 23.5 Å². The maximum atomic E-state index is 12.8. The lowest BCUT2D eigenvalue weighted by atomic mass is 9.92. The molecule has 4 aliphatic rings. The second kappa shape index (κ2) is 22.3. The summed E-state index contributed by atoms with van der Waals surface area (Å²) in [6.45, 7) is 7.20. The number of aryl methyl sites for hydroxylation is 4. The van der Waals surface area contributed by atoms with Gasteiger partial charge in [0.15, 0.2) is 23.0 Å². The van der Waals surface area contributed by atoms with Crippen molar-refractivity contribution in [1.82, 2.24) is 51.0 Å². The van der Waals surface area contributed by atoms with Crippen molar-refractivity contribution in [2.75, 3.05) is 50.2 Å². The van der Waals surface area contributed by atoms with Crippen LogP contribution in [0, 0.1) is 13.8 Å². The molecule has 18 nitrogen and oxygen atoms in total. The summed E-state index contributed by atoms with van der Waals surface area (Å²) in [5.74, 6) is 3.92. The van der Waals surface area contributed by atoms with Gasteiger partial charge in [-0.1, -0.05) is 12.1 Å². The van der Waals surface area contributed by atoms with Gasteiger partial charge in [-0.3, -0.25) is 19.6 Å². The van der Waals surface area contributed by atoms with E-state index in [9.17, 15) is 9.59 Å². The van der Waals surface area contributed by atoms with Gasteiger partial charge in [-0.2, -0.15) is 0 Å². The van der Waals surface area contributed by atoms with Crippen LogP contribution in [0.2, 0.25) is 0 Å². The van der Waals surface area contributed by atoms with E-state index in [-0.39, 0.29) is 36.1 Å². The van der Waals surface area contributed by atoms with Crippen LogP contribution in [-0.4, -0.2) is 117 Å². The van der Waals surface area contributed by atoms with E-state index in [0.717, 1.165) is 136 Å². The Kier molecular flexibility index (Phi) is 15.1. The van der Waals surface area contributed by atoms with Crippen LogP contribution in [0.3, 0.4) is 0 Å². The van der Waals surface area contributed by atoms with Crippen molar-refractivity contribution in [3.05, 3.63) is 130 Å².